The topological polar surface area (TPSA) is 65.7 Å². The van der Waals surface area contributed by atoms with E-state index in [2.05, 4.69) is 9.97 Å². The van der Waals surface area contributed by atoms with E-state index in [1.165, 1.54) is 0 Å². The molecule has 0 amide bonds. The van der Waals surface area contributed by atoms with Gasteiger partial charge >= 0.3 is 0 Å². The van der Waals surface area contributed by atoms with E-state index in [0.29, 0.717) is 11.1 Å². The SMILES string of the molecule is O=C1C=C2C=C(c3ccc[nH]3)C(=O)C=C2C=C1c1ccc[nH]1. The molecule has 2 aliphatic carbocycles. The molecule has 0 atom stereocenters. The van der Waals surface area contributed by atoms with Crippen LogP contribution in [0.3, 0.4) is 0 Å². The molecule has 0 spiro atoms. The van der Waals surface area contributed by atoms with Gasteiger partial charge in [0.1, 0.15) is 0 Å². The molecule has 4 heteroatoms. The summed E-state index contributed by atoms with van der Waals surface area (Å²) in [6.45, 7) is 0. The van der Waals surface area contributed by atoms with Gasteiger partial charge in [0.15, 0.2) is 11.6 Å². The van der Waals surface area contributed by atoms with Gasteiger partial charge in [-0.15, -0.1) is 0 Å². The van der Waals surface area contributed by atoms with Crippen LogP contribution >= 0.6 is 0 Å². The lowest BCUT2D eigenvalue weighted by Crippen LogP contribution is -2.12. The fourth-order valence-corrected chi connectivity index (χ4v) is 2.72. The molecule has 0 saturated heterocycles. The van der Waals surface area contributed by atoms with Crippen molar-refractivity contribution >= 4 is 22.7 Å². The first-order valence-electron chi connectivity index (χ1n) is 6.96. The van der Waals surface area contributed by atoms with E-state index < -0.39 is 0 Å². The van der Waals surface area contributed by atoms with Gasteiger partial charge in [0.25, 0.3) is 0 Å². The second-order valence-electron chi connectivity index (χ2n) is 5.21. The molecule has 0 unspecified atom stereocenters. The largest absolute Gasteiger partial charge is 0.361 e. The summed E-state index contributed by atoms with van der Waals surface area (Å²) < 4.78 is 0. The number of hydrogen-bond acceptors (Lipinski definition) is 2. The van der Waals surface area contributed by atoms with Crippen molar-refractivity contribution in [1.82, 2.24) is 9.97 Å². The van der Waals surface area contributed by atoms with Crippen molar-refractivity contribution in [2.75, 3.05) is 0 Å². The Balaban J connectivity index is 1.78. The number of carbonyl (C=O) groups excluding carboxylic acids is 2. The van der Waals surface area contributed by atoms with Gasteiger partial charge in [-0.1, -0.05) is 0 Å². The van der Waals surface area contributed by atoms with Gasteiger partial charge in [-0.05, 0) is 59.7 Å². The molecular formula is C18H12N2O2. The molecule has 0 bridgehead atoms. The average Bonchev–Trinajstić information content (AvgIpc) is 3.20. The van der Waals surface area contributed by atoms with Gasteiger partial charge in [-0.25, -0.2) is 0 Å². The fraction of sp³-hybridized carbons (Fsp3) is 0. The molecule has 2 heterocycles. The lowest BCUT2D eigenvalue weighted by Gasteiger charge is -2.18. The Morgan fingerprint density at radius 3 is 1.45 bits per heavy atom. The number of aromatic nitrogens is 2. The zero-order valence-electron chi connectivity index (χ0n) is 11.6. The van der Waals surface area contributed by atoms with Crippen molar-refractivity contribution in [2.24, 2.45) is 0 Å². The Labute approximate surface area is 126 Å². The highest BCUT2D eigenvalue weighted by atomic mass is 16.1. The summed E-state index contributed by atoms with van der Waals surface area (Å²) in [7, 11) is 0. The predicted octanol–water partition coefficient (Wildman–Crippen LogP) is 2.83. The molecule has 2 aromatic rings. The monoisotopic (exact) mass is 288 g/mol. The first-order chi connectivity index (χ1) is 10.7. The lowest BCUT2D eigenvalue weighted by molar-refractivity contribution is -0.110. The number of hydrogen-bond donors (Lipinski definition) is 2. The van der Waals surface area contributed by atoms with Crippen molar-refractivity contribution in [2.45, 2.75) is 0 Å². The minimum atomic E-state index is -0.0639. The van der Waals surface area contributed by atoms with Crippen molar-refractivity contribution < 1.29 is 9.59 Å². The van der Waals surface area contributed by atoms with Crippen LogP contribution in [0, 0.1) is 0 Å². The molecule has 22 heavy (non-hydrogen) atoms. The van der Waals surface area contributed by atoms with Crippen LogP contribution in [0.25, 0.3) is 11.1 Å². The summed E-state index contributed by atoms with van der Waals surface area (Å²) in [5, 5.41) is 0. The summed E-state index contributed by atoms with van der Waals surface area (Å²) >= 11 is 0. The zero-order chi connectivity index (χ0) is 15.1. The van der Waals surface area contributed by atoms with E-state index in [4.69, 9.17) is 0 Å². The molecule has 4 rings (SSSR count). The van der Waals surface area contributed by atoms with Gasteiger partial charge in [-0.3, -0.25) is 9.59 Å². The Kier molecular flexibility index (Phi) is 2.69. The number of allylic oxidation sites excluding steroid dienone is 8. The van der Waals surface area contributed by atoms with Crippen molar-refractivity contribution in [3.63, 3.8) is 0 Å². The van der Waals surface area contributed by atoms with Crippen LogP contribution < -0.4 is 0 Å². The van der Waals surface area contributed by atoms with Gasteiger partial charge in [-0.2, -0.15) is 0 Å². The van der Waals surface area contributed by atoms with Crippen LogP contribution in [0.4, 0.5) is 0 Å². The van der Waals surface area contributed by atoms with Crippen LogP contribution in [0.15, 0.2) is 72.1 Å². The van der Waals surface area contributed by atoms with Gasteiger partial charge in [0.2, 0.25) is 0 Å². The van der Waals surface area contributed by atoms with Crippen LogP contribution in [0.1, 0.15) is 11.4 Å². The maximum absolute atomic E-state index is 12.3. The van der Waals surface area contributed by atoms with Gasteiger partial charge < -0.3 is 9.97 Å². The minimum Gasteiger partial charge on any atom is -0.361 e. The number of rotatable bonds is 2. The average molecular weight is 288 g/mol. The molecule has 106 valence electrons. The molecule has 0 fully saturated rings. The first kappa shape index (κ1) is 12.6. The maximum Gasteiger partial charge on any atom is 0.188 e. The third kappa shape index (κ3) is 1.93. The van der Waals surface area contributed by atoms with Crippen LogP contribution in [0.2, 0.25) is 0 Å². The summed E-state index contributed by atoms with van der Waals surface area (Å²) in [4.78, 5) is 30.7. The molecule has 2 aliphatic rings. The summed E-state index contributed by atoms with van der Waals surface area (Å²) in [5.74, 6) is -0.128. The molecule has 2 N–H and O–H groups in total. The Hall–Kier alpha value is -3.14. The van der Waals surface area contributed by atoms with Crippen molar-refractivity contribution in [1.29, 1.82) is 0 Å². The van der Waals surface area contributed by atoms with E-state index in [1.807, 2.05) is 24.3 Å². The highest BCUT2D eigenvalue weighted by Crippen LogP contribution is 2.32. The first-order valence-corrected chi connectivity index (χ1v) is 6.96. The van der Waals surface area contributed by atoms with Gasteiger partial charge in [0, 0.05) is 34.9 Å². The second-order valence-corrected chi connectivity index (χ2v) is 5.21. The molecule has 0 saturated carbocycles. The highest BCUT2D eigenvalue weighted by Gasteiger charge is 2.24. The van der Waals surface area contributed by atoms with E-state index in [-0.39, 0.29) is 11.6 Å². The molecule has 0 aliphatic heterocycles. The molecule has 0 aromatic carbocycles. The summed E-state index contributed by atoms with van der Waals surface area (Å²) in [6.07, 6.45) is 10.2. The molecule has 2 aromatic heterocycles. The quantitative estimate of drug-likeness (QED) is 0.892. The number of carbonyl (C=O) groups is 2. The number of nitrogens with one attached hydrogen (secondary N) is 2. The van der Waals surface area contributed by atoms with E-state index in [1.54, 1.807) is 36.7 Å². The minimum absolute atomic E-state index is 0.0639. The Morgan fingerprint density at radius 1 is 0.636 bits per heavy atom. The van der Waals surface area contributed by atoms with Crippen molar-refractivity contribution in [3.8, 4) is 0 Å². The van der Waals surface area contributed by atoms with E-state index in [9.17, 15) is 9.59 Å². The van der Waals surface area contributed by atoms with Crippen molar-refractivity contribution in [3.05, 3.63) is 83.5 Å². The summed E-state index contributed by atoms with van der Waals surface area (Å²) in [6, 6.07) is 7.36. The number of H-pyrrole nitrogens is 2. The van der Waals surface area contributed by atoms with Crippen LogP contribution in [-0.4, -0.2) is 21.5 Å². The second kappa shape index (κ2) is 4.70. The zero-order valence-corrected chi connectivity index (χ0v) is 11.6. The standard InChI is InChI=1S/C18H12N2O2/c21-17-9-12-8-14(16-4-2-6-20-16)18(22)10-11(12)7-13(17)15-3-1-5-19-15/h1-10,19-20H. The smallest absolute Gasteiger partial charge is 0.188 e. The van der Waals surface area contributed by atoms with Gasteiger partial charge in [0.05, 0.1) is 0 Å². The number of fused-ring (bicyclic) bond motifs is 1. The molecule has 4 nitrogen and oxygen atoms in total. The van der Waals surface area contributed by atoms with Crippen LogP contribution in [-0.2, 0) is 9.59 Å². The summed E-state index contributed by atoms with van der Waals surface area (Å²) in [5.41, 5.74) is 4.20. The Bertz CT molecular complexity index is 813. The maximum atomic E-state index is 12.3. The normalized spacial score (nSPS) is 17.5. The van der Waals surface area contributed by atoms with E-state index >= 15 is 0 Å². The van der Waals surface area contributed by atoms with E-state index in [0.717, 1.165) is 22.5 Å². The molecular weight excluding hydrogens is 276 g/mol. The predicted molar refractivity (Wildman–Crippen MR) is 83.7 cm³/mol. The molecule has 0 radical (unpaired) electrons. The highest BCUT2D eigenvalue weighted by molar-refractivity contribution is 6.32. The number of ketones is 2. The third-order valence-corrected chi connectivity index (χ3v) is 3.81. The third-order valence-electron chi connectivity index (χ3n) is 3.81. The lowest BCUT2D eigenvalue weighted by atomic mass is 9.85. The fourth-order valence-electron chi connectivity index (χ4n) is 2.72. The number of aromatic amines is 2. The van der Waals surface area contributed by atoms with Crippen LogP contribution in [0.5, 0.6) is 0 Å². The Morgan fingerprint density at radius 2 is 1.09 bits per heavy atom.